The molecule has 0 heterocycles. The molecule has 4 N–H and O–H groups in total. The molecule has 0 aliphatic rings. The van der Waals surface area contributed by atoms with Gasteiger partial charge in [-0.2, -0.15) is 0 Å². The van der Waals surface area contributed by atoms with E-state index in [-0.39, 0.29) is 0 Å². The first-order valence-corrected chi connectivity index (χ1v) is 10.7. The Morgan fingerprint density at radius 2 is 0.867 bits per heavy atom. The van der Waals surface area contributed by atoms with Gasteiger partial charge in [0.1, 0.15) is 5.75 Å². The third-order valence-corrected chi connectivity index (χ3v) is 4.39. The summed E-state index contributed by atoms with van der Waals surface area (Å²) in [6.07, 6.45) is 0. The topological polar surface area (TPSA) is 98.0 Å². The molecule has 0 aliphatic carbocycles. The number of aromatic hydroxyl groups is 1. The molecule has 0 saturated carbocycles. The van der Waals surface area contributed by atoms with E-state index >= 15 is 0 Å². The van der Waals surface area contributed by atoms with Crippen LogP contribution in [0.2, 0.25) is 0 Å². The molecule has 5 nitrogen and oxygen atoms in total. The summed E-state index contributed by atoms with van der Waals surface area (Å²) in [4.78, 5) is 21.6. The van der Waals surface area contributed by atoms with Crippen molar-refractivity contribution in [2.45, 2.75) is 0 Å². The average molecular weight is 420 g/mol. The monoisotopic (exact) mass is 420 g/mol. The molecule has 0 aromatic heterocycles. The van der Waals surface area contributed by atoms with Crippen LogP contribution in [0.5, 0.6) is 5.75 Å². The van der Waals surface area contributed by atoms with E-state index < -0.39 is 7.82 Å². The first-order chi connectivity index (χ1) is 14.3. The van der Waals surface area contributed by atoms with Crippen LogP contribution in [0.1, 0.15) is 0 Å². The van der Waals surface area contributed by atoms with Gasteiger partial charge in [0.05, 0.1) is 0 Å². The molecule has 152 valence electrons. The van der Waals surface area contributed by atoms with Gasteiger partial charge in [-0.15, -0.1) is 0 Å². The van der Waals surface area contributed by atoms with Gasteiger partial charge in [-0.05, 0) is 28.3 Å². The molecule has 0 atom stereocenters. The molecule has 6 heteroatoms. The summed E-state index contributed by atoms with van der Waals surface area (Å²) in [5.41, 5.74) is 6.28. The van der Waals surface area contributed by atoms with Gasteiger partial charge in [-0.1, -0.05) is 97.1 Å². The Morgan fingerprint density at radius 3 is 1.30 bits per heavy atom. The van der Waals surface area contributed by atoms with E-state index in [9.17, 15) is 5.11 Å². The van der Waals surface area contributed by atoms with Crippen molar-refractivity contribution in [2.24, 2.45) is 0 Å². The van der Waals surface area contributed by atoms with Crippen molar-refractivity contribution >= 4 is 7.82 Å². The van der Waals surface area contributed by atoms with E-state index in [0.717, 1.165) is 33.4 Å². The van der Waals surface area contributed by atoms with Crippen molar-refractivity contribution in [3.63, 3.8) is 0 Å². The molecule has 4 aromatic carbocycles. The molecule has 0 radical (unpaired) electrons. The minimum Gasteiger partial charge on any atom is -0.507 e. The fourth-order valence-electron chi connectivity index (χ4n) is 3.25. The maximum Gasteiger partial charge on any atom is 0.466 e. The molecule has 4 aromatic rings. The number of hydrogen-bond acceptors (Lipinski definition) is 2. The lowest BCUT2D eigenvalue weighted by molar-refractivity contribution is 0.275. The van der Waals surface area contributed by atoms with E-state index in [1.54, 1.807) is 6.07 Å². The van der Waals surface area contributed by atoms with E-state index in [2.05, 4.69) is 24.3 Å². The standard InChI is InChI=1S/C24H18O.H3O4P/c25-22-17-16-21(18-10-4-1-5-11-18)23(19-12-6-2-7-13-19)24(22)20-14-8-3-9-15-20;1-5(2,3)4/h1-17,25H;(H3,1,2,3,4). The van der Waals surface area contributed by atoms with Crippen molar-refractivity contribution < 1.29 is 24.4 Å². The molecule has 0 bridgehead atoms. The second kappa shape index (κ2) is 9.53. The van der Waals surface area contributed by atoms with E-state index in [4.69, 9.17) is 19.2 Å². The largest absolute Gasteiger partial charge is 0.507 e. The highest BCUT2D eigenvalue weighted by Gasteiger charge is 2.17. The summed E-state index contributed by atoms with van der Waals surface area (Å²) in [5.74, 6) is 0.296. The maximum absolute atomic E-state index is 10.7. The molecule has 0 spiro atoms. The zero-order valence-corrected chi connectivity index (χ0v) is 16.9. The molecule has 0 saturated heterocycles. The van der Waals surface area contributed by atoms with Crippen LogP contribution >= 0.6 is 7.82 Å². The van der Waals surface area contributed by atoms with Crippen LogP contribution in [0.25, 0.3) is 33.4 Å². The lowest BCUT2D eigenvalue weighted by atomic mass is 9.87. The molecule has 0 amide bonds. The summed E-state index contributed by atoms with van der Waals surface area (Å²) < 4.78 is 8.88. The second-order valence-electron chi connectivity index (χ2n) is 6.49. The average Bonchev–Trinajstić information content (AvgIpc) is 2.74. The number of phenols is 1. The predicted octanol–water partition coefficient (Wildman–Crippen LogP) is 5.46. The third kappa shape index (κ3) is 5.66. The smallest absolute Gasteiger partial charge is 0.466 e. The quantitative estimate of drug-likeness (QED) is 0.330. The van der Waals surface area contributed by atoms with Gasteiger partial charge in [-0.3, -0.25) is 0 Å². The lowest BCUT2D eigenvalue weighted by Gasteiger charge is -2.17. The van der Waals surface area contributed by atoms with Gasteiger partial charge in [0.2, 0.25) is 0 Å². The van der Waals surface area contributed by atoms with Crippen LogP contribution in [0.15, 0.2) is 103 Å². The molecule has 4 rings (SSSR count). The maximum atomic E-state index is 10.7. The van der Waals surface area contributed by atoms with E-state index in [0.29, 0.717) is 5.75 Å². The van der Waals surface area contributed by atoms with E-state index in [1.807, 2.05) is 72.8 Å². The SMILES string of the molecule is O=P(O)(O)O.Oc1ccc(-c2ccccc2)c(-c2ccccc2)c1-c1ccccc1. The van der Waals surface area contributed by atoms with Gasteiger partial charge in [-0.25, -0.2) is 4.57 Å². The zero-order valence-electron chi connectivity index (χ0n) is 16.0. The van der Waals surface area contributed by atoms with Crippen LogP contribution < -0.4 is 0 Å². The minimum absolute atomic E-state index is 0.296. The normalized spacial score (nSPS) is 10.8. The summed E-state index contributed by atoms with van der Waals surface area (Å²) in [5, 5.41) is 10.7. The third-order valence-electron chi connectivity index (χ3n) is 4.39. The molecular formula is C24H21O5P. The van der Waals surface area contributed by atoms with Crippen LogP contribution in [0.3, 0.4) is 0 Å². The van der Waals surface area contributed by atoms with Crippen molar-refractivity contribution in [1.82, 2.24) is 0 Å². The van der Waals surface area contributed by atoms with Gasteiger partial charge in [0.15, 0.2) is 0 Å². The Hall–Kier alpha value is -3.21. The number of benzene rings is 4. The van der Waals surface area contributed by atoms with Gasteiger partial charge in [0, 0.05) is 11.1 Å². The van der Waals surface area contributed by atoms with Crippen LogP contribution in [-0.4, -0.2) is 19.8 Å². The summed E-state index contributed by atoms with van der Waals surface area (Å²) in [6.45, 7) is 0. The highest BCUT2D eigenvalue weighted by molar-refractivity contribution is 7.45. The van der Waals surface area contributed by atoms with Gasteiger partial charge in [0.25, 0.3) is 0 Å². The first kappa shape index (κ1) is 21.5. The Bertz CT molecular complexity index is 1130. The molecular weight excluding hydrogens is 399 g/mol. The Morgan fingerprint density at radius 1 is 0.500 bits per heavy atom. The number of phenolic OH excluding ortho intramolecular Hbond substituents is 1. The second-order valence-corrected chi connectivity index (χ2v) is 7.52. The fraction of sp³-hybridized carbons (Fsp3) is 0. The highest BCUT2D eigenvalue weighted by Crippen LogP contribution is 2.44. The van der Waals surface area contributed by atoms with Crippen LogP contribution in [0, 0.1) is 0 Å². The predicted molar refractivity (Wildman–Crippen MR) is 119 cm³/mol. The number of phosphoric acid groups is 1. The van der Waals surface area contributed by atoms with Crippen molar-refractivity contribution in [1.29, 1.82) is 0 Å². The molecule has 0 fully saturated rings. The highest BCUT2D eigenvalue weighted by atomic mass is 31.2. The Kier molecular flexibility index (Phi) is 6.83. The first-order valence-electron chi connectivity index (χ1n) is 9.15. The molecule has 0 unspecified atom stereocenters. The van der Waals surface area contributed by atoms with Crippen LogP contribution in [-0.2, 0) is 4.57 Å². The fourth-order valence-corrected chi connectivity index (χ4v) is 3.25. The summed E-state index contributed by atoms with van der Waals surface area (Å²) in [6, 6.07) is 34.4. The van der Waals surface area contributed by atoms with E-state index in [1.165, 1.54) is 0 Å². The molecule has 30 heavy (non-hydrogen) atoms. The van der Waals surface area contributed by atoms with Crippen molar-refractivity contribution in [3.8, 4) is 39.1 Å². The Balaban J connectivity index is 0.000000461. The van der Waals surface area contributed by atoms with Gasteiger partial charge >= 0.3 is 7.82 Å². The zero-order chi connectivity index (χ0) is 21.6. The van der Waals surface area contributed by atoms with Gasteiger partial charge < -0.3 is 19.8 Å². The van der Waals surface area contributed by atoms with Crippen molar-refractivity contribution in [2.75, 3.05) is 0 Å². The minimum atomic E-state index is -4.64. The van der Waals surface area contributed by atoms with Crippen LogP contribution in [0.4, 0.5) is 0 Å². The summed E-state index contributed by atoms with van der Waals surface area (Å²) >= 11 is 0. The number of hydrogen-bond donors (Lipinski definition) is 4. The molecule has 0 aliphatic heterocycles. The lowest BCUT2D eigenvalue weighted by Crippen LogP contribution is -1.91. The van der Waals surface area contributed by atoms with Crippen molar-refractivity contribution in [3.05, 3.63) is 103 Å². The Labute approximate surface area is 174 Å². The number of rotatable bonds is 3. The summed E-state index contributed by atoms with van der Waals surface area (Å²) in [7, 11) is -4.64.